The lowest BCUT2D eigenvalue weighted by Crippen LogP contribution is -2.00. The van der Waals surface area contributed by atoms with Crippen LogP contribution in [0.15, 0.2) is 73.2 Å². The Morgan fingerprint density at radius 2 is 1.69 bits per heavy atom. The predicted molar refractivity (Wildman–Crippen MR) is 97.4 cm³/mol. The Labute approximate surface area is 149 Å². The maximum absolute atomic E-state index is 11.5. The molecular formula is C20H14N4O2. The number of carboxylic acid groups (broad SMARTS) is 1. The lowest BCUT2D eigenvalue weighted by atomic mass is 10.00. The Morgan fingerprint density at radius 1 is 0.885 bits per heavy atom. The van der Waals surface area contributed by atoms with Crippen molar-refractivity contribution in [2.24, 2.45) is 0 Å². The fraction of sp³-hybridized carbons (Fsp3) is 0. The standard InChI is InChI=1S/C20H14N4O2/c25-20(26)15-6-2-1-5-14(15)18-11-13(8-10-22-18)16-12-23-24-19(16)17-7-3-4-9-21-17/h1-12H,(H,23,24)(H,25,26). The van der Waals surface area contributed by atoms with Crippen LogP contribution in [0.25, 0.3) is 33.8 Å². The minimum Gasteiger partial charge on any atom is -0.478 e. The highest BCUT2D eigenvalue weighted by Crippen LogP contribution is 2.31. The highest BCUT2D eigenvalue weighted by Gasteiger charge is 2.15. The van der Waals surface area contributed by atoms with Crippen molar-refractivity contribution in [3.05, 3.63) is 78.8 Å². The average Bonchev–Trinajstić information content (AvgIpc) is 3.19. The van der Waals surface area contributed by atoms with Crippen LogP contribution in [-0.2, 0) is 0 Å². The Balaban J connectivity index is 1.82. The van der Waals surface area contributed by atoms with Crippen LogP contribution in [0.3, 0.4) is 0 Å². The summed E-state index contributed by atoms with van der Waals surface area (Å²) < 4.78 is 0. The summed E-state index contributed by atoms with van der Waals surface area (Å²) >= 11 is 0. The summed E-state index contributed by atoms with van der Waals surface area (Å²) in [7, 11) is 0. The van der Waals surface area contributed by atoms with Crippen molar-refractivity contribution in [2.45, 2.75) is 0 Å². The molecule has 4 aromatic rings. The zero-order valence-corrected chi connectivity index (χ0v) is 13.6. The first-order chi connectivity index (χ1) is 12.7. The third kappa shape index (κ3) is 2.84. The number of benzene rings is 1. The first-order valence-corrected chi connectivity index (χ1v) is 7.98. The van der Waals surface area contributed by atoms with Gasteiger partial charge in [-0.25, -0.2) is 4.79 Å². The Hall–Kier alpha value is -3.80. The zero-order valence-electron chi connectivity index (χ0n) is 13.6. The molecule has 0 spiro atoms. The highest BCUT2D eigenvalue weighted by atomic mass is 16.4. The monoisotopic (exact) mass is 342 g/mol. The third-order valence-electron chi connectivity index (χ3n) is 4.06. The zero-order chi connectivity index (χ0) is 17.9. The maximum Gasteiger partial charge on any atom is 0.336 e. The molecule has 126 valence electrons. The molecule has 0 unspecified atom stereocenters. The van der Waals surface area contributed by atoms with Gasteiger partial charge in [0.25, 0.3) is 0 Å². The van der Waals surface area contributed by atoms with Crippen LogP contribution in [0.5, 0.6) is 0 Å². The Morgan fingerprint density at radius 3 is 2.50 bits per heavy atom. The van der Waals surface area contributed by atoms with Gasteiger partial charge in [0.05, 0.1) is 28.8 Å². The van der Waals surface area contributed by atoms with E-state index in [9.17, 15) is 9.90 Å². The van der Waals surface area contributed by atoms with Gasteiger partial charge in [-0.1, -0.05) is 24.3 Å². The minimum absolute atomic E-state index is 0.217. The van der Waals surface area contributed by atoms with E-state index in [1.165, 1.54) is 0 Å². The van der Waals surface area contributed by atoms with E-state index >= 15 is 0 Å². The number of carboxylic acids is 1. The summed E-state index contributed by atoms with van der Waals surface area (Å²) in [5, 5.41) is 16.5. The second kappa shape index (κ2) is 6.60. The van der Waals surface area contributed by atoms with Crippen LogP contribution in [0, 0.1) is 0 Å². The molecule has 0 aliphatic heterocycles. The van der Waals surface area contributed by atoms with Gasteiger partial charge in [0.2, 0.25) is 0 Å². The lowest BCUT2D eigenvalue weighted by molar-refractivity contribution is 0.0697. The summed E-state index contributed by atoms with van der Waals surface area (Å²) in [6, 6.07) is 16.2. The largest absolute Gasteiger partial charge is 0.478 e. The molecule has 0 aliphatic carbocycles. The summed E-state index contributed by atoms with van der Waals surface area (Å²) in [6.07, 6.45) is 5.12. The second-order valence-corrected chi connectivity index (χ2v) is 5.65. The normalized spacial score (nSPS) is 10.6. The lowest BCUT2D eigenvalue weighted by Gasteiger charge is -2.08. The highest BCUT2D eigenvalue weighted by molar-refractivity contribution is 5.96. The van der Waals surface area contributed by atoms with Gasteiger partial charge < -0.3 is 5.11 Å². The van der Waals surface area contributed by atoms with Crippen molar-refractivity contribution in [2.75, 3.05) is 0 Å². The molecule has 0 fully saturated rings. The van der Waals surface area contributed by atoms with Crippen molar-refractivity contribution < 1.29 is 9.90 Å². The fourth-order valence-electron chi connectivity index (χ4n) is 2.85. The molecule has 4 rings (SSSR count). The Kier molecular flexibility index (Phi) is 3.99. The number of aromatic amines is 1. The van der Waals surface area contributed by atoms with Crippen molar-refractivity contribution in [3.8, 4) is 33.8 Å². The summed E-state index contributed by atoms with van der Waals surface area (Å²) in [4.78, 5) is 20.2. The topological polar surface area (TPSA) is 91.8 Å². The van der Waals surface area contributed by atoms with Gasteiger partial charge in [0.15, 0.2) is 0 Å². The first kappa shape index (κ1) is 15.7. The van der Waals surface area contributed by atoms with Crippen LogP contribution >= 0.6 is 0 Å². The quantitative estimate of drug-likeness (QED) is 0.587. The number of hydrogen-bond acceptors (Lipinski definition) is 4. The number of rotatable bonds is 4. The molecule has 6 nitrogen and oxygen atoms in total. The van der Waals surface area contributed by atoms with Gasteiger partial charge in [-0.05, 0) is 35.9 Å². The van der Waals surface area contributed by atoms with Gasteiger partial charge in [-0.15, -0.1) is 0 Å². The Bertz CT molecular complexity index is 1070. The average molecular weight is 342 g/mol. The smallest absolute Gasteiger partial charge is 0.336 e. The van der Waals surface area contributed by atoms with Gasteiger partial charge >= 0.3 is 5.97 Å². The van der Waals surface area contributed by atoms with Crippen molar-refractivity contribution in [1.82, 2.24) is 20.2 Å². The number of H-pyrrole nitrogens is 1. The van der Waals surface area contributed by atoms with E-state index in [1.54, 1.807) is 42.9 Å². The van der Waals surface area contributed by atoms with Crippen LogP contribution < -0.4 is 0 Å². The molecule has 0 atom stereocenters. The van der Waals surface area contributed by atoms with Crippen molar-refractivity contribution in [1.29, 1.82) is 0 Å². The molecule has 3 heterocycles. The van der Waals surface area contributed by atoms with Crippen LogP contribution in [0.2, 0.25) is 0 Å². The molecule has 0 radical (unpaired) electrons. The molecule has 0 amide bonds. The number of nitrogens with zero attached hydrogens (tertiary/aromatic N) is 3. The molecular weight excluding hydrogens is 328 g/mol. The molecule has 26 heavy (non-hydrogen) atoms. The van der Waals surface area contributed by atoms with E-state index < -0.39 is 5.97 Å². The van der Waals surface area contributed by atoms with Gasteiger partial charge in [0.1, 0.15) is 0 Å². The van der Waals surface area contributed by atoms with Gasteiger partial charge in [0, 0.05) is 23.5 Å². The van der Waals surface area contributed by atoms with Gasteiger partial charge in [-0.2, -0.15) is 5.10 Å². The van der Waals surface area contributed by atoms with E-state index in [4.69, 9.17) is 0 Å². The molecule has 0 saturated heterocycles. The van der Waals surface area contributed by atoms with E-state index in [1.807, 2.05) is 30.3 Å². The molecule has 3 aromatic heterocycles. The molecule has 0 aliphatic rings. The first-order valence-electron chi connectivity index (χ1n) is 7.98. The number of hydrogen-bond donors (Lipinski definition) is 2. The number of pyridine rings is 2. The van der Waals surface area contributed by atoms with E-state index in [0.717, 1.165) is 22.5 Å². The number of aromatic carboxylic acids is 1. The predicted octanol–water partition coefficient (Wildman–Crippen LogP) is 3.90. The molecule has 0 bridgehead atoms. The fourth-order valence-corrected chi connectivity index (χ4v) is 2.85. The van der Waals surface area contributed by atoms with Crippen LogP contribution in [0.1, 0.15) is 10.4 Å². The van der Waals surface area contributed by atoms with Crippen molar-refractivity contribution >= 4 is 5.97 Å². The number of carbonyl (C=O) groups is 1. The summed E-state index contributed by atoms with van der Waals surface area (Å²) in [5.41, 5.74) is 4.72. The molecule has 2 N–H and O–H groups in total. The SMILES string of the molecule is O=C(O)c1ccccc1-c1cc(-c2cn[nH]c2-c2ccccn2)ccn1. The summed E-state index contributed by atoms with van der Waals surface area (Å²) in [5.74, 6) is -0.981. The molecule has 0 saturated carbocycles. The van der Waals surface area contributed by atoms with E-state index in [2.05, 4.69) is 20.2 Å². The number of aromatic nitrogens is 4. The van der Waals surface area contributed by atoms with Crippen molar-refractivity contribution in [3.63, 3.8) is 0 Å². The number of nitrogens with one attached hydrogen (secondary N) is 1. The maximum atomic E-state index is 11.5. The van der Waals surface area contributed by atoms with E-state index in [-0.39, 0.29) is 5.56 Å². The molecule has 1 aromatic carbocycles. The van der Waals surface area contributed by atoms with Crippen LogP contribution in [0.4, 0.5) is 0 Å². The second-order valence-electron chi connectivity index (χ2n) is 5.65. The minimum atomic E-state index is -0.981. The third-order valence-corrected chi connectivity index (χ3v) is 4.06. The van der Waals surface area contributed by atoms with Gasteiger partial charge in [-0.3, -0.25) is 15.1 Å². The van der Waals surface area contributed by atoms with Crippen LogP contribution in [-0.4, -0.2) is 31.2 Å². The van der Waals surface area contributed by atoms with E-state index in [0.29, 0.717) is 11.3 Å². The molecule has 6 heteroatoms. The summed E-state index contributed by atoms with van der Waals surface area (Å²) in [6.45, 7) is 0.